The molecule has 3 aliphatic rings. The van der Waals surface area contributed by atoms with E-state index < -0.39 is 0 Å². The Balaban J connectivity index is 1.35. The summed E-state index contributed by atoms with van der Waals surface area (Å²) in [5.74, 6) is 1.86. The average molecular weight is 431 g/mol. The number of carbonyl (C=O) groups excluding carboxylic acids is 2. The summed E-state index contributed by atoms with van der Waals surface area (Å²) >= 11 is 0. The van der Waals surface area contributed by atoms with Crippen LogP contribution in [0.2, 0.25) is 0 Å². The Kier molecular flexibility index (Phi) is 6.95. The molecule has 3 aliphatic heterocycles. The molecular formula is C23H34N4O4. The van der Waals surface area contributed by atoms with E-state index in [1.54, 1.807) is 19.2 Å². The van der Waals surface area contributed by atoms with Crippen molar-refractivity contribution in [3.8, 4) is 11.8 Å². The van der Waals surface area contributed by atoms with Crippen LogP contribution in [0.3, 0.4) is 0 Å². The van der Waals surface area contributed by atoms with Crippen molar-refractivity contribution in [2.24, 2.45) is 11.8 Å². The number of methoxy groups -OCH3 is 2. The summed E-state index contributed by atoms with van der Waals surface area (Å²) in [6, 6.07) is 3.79. The highest BCUT2D eigenvalue weighted by molar-refractivity contribution is 5.96. The molecule has 3 saturated heterocycles. The number of hydrogen-bond acceptors (Lipinski definition) is 6. The molecule has 0 radical (unpaired) electrons. The highest BCUT2D eigenvalue weighted by Crippen LogP contribution is 2.32. The monoisotopic (exact) mass is 430 g/mol. The maximum Gasteiger partial charge on any atom is 0.259 e. The van der Waals surface area contributed by atoms with E-state index in [9.17, 15) is 9.59 Å². The minimum absolute atomic E-state index is 0.0356. The van der Waals surface area contributed by atoms with Gasteiger partial charge in [0.2, 0.25) is 17.7 Å². The first-order valence-electron chi connectivity index (χ1n) is 11.5. The van der Waals surface area contributed by atoms with Gasteiger partial charge in [0.05, 0.1) is 14.2 Å². The molecule has 0 aromatic carbocycles. The third-order valence-corrected chi connectivity index (χ3v) is 6.93. The summed E-state index contributed by atoms with van der Waals surface area (Å²) in [4.78, 5) is 33.8. The number of ether oxygens (including phenoxy) is 2. The molecule has 3 fully saturated rings. The SMILES string of the molecule is COc1ccc(C(=O)N2C[C@@H]3CN[C@H](CCCC(=O)N4CCCC4)[C@H](C3)C2)c(OC)n1. The first-order chi connectivity index (χ1) is 15.1. The Morgan fingerprint density at radius 3 is 2.68 bits per heavy atom. The number of carbonyl (C=O) groups is 2. The standard InChI is InChI=1S/C23H34N4O4/c1-30-20-9-8-18(22(25-20)31-2)23(29)27-14-16-12-17(15-27)19(24-13-16)6-5-7-21(28)26-10-3-4-11-26/h8-9,16-17,19,24H,3-7,10-15H2,1-2H3/t16-,17+,19+/m0/s1. The van der Waals surface area contributed by atoms with Crippen LogP contribution in [0.4, 0.5) is 0 Å². The molecular weight excluding hydrogens is 396 g/mol. The zero-order valence-corrected chi connectivity index (χ0v) is 18.6. The Hall–Kier alpha value is -2.35. The predicted octanol–water partition coefficient (Wildman–Crippen LogP) is 1.94. The normalized spacial score (nSPS) is 25.4. The lowest BCUT2D eigenvalue weighted by molar-refractivity contribution is -0.130. The highest BCUT2D eigenvalue weighted by Gasteiger charge is 2.38. The Labute approximate surface area is 184 Å². The van der Waals surface area contributed by atoms with E-state index in [0.29, 0.717) is 47.5 Å². The first kappa shape index (κ1) is 21.9. The average Bonchev–Trinajstić information content (AvgIpc) is 3.34. The lowest BCUT2D eigenvalue weighted by Gasteiger charge is -2.46. The number of nitrogens with zero attached hydrogens (tertiary/aromatic N) is 3. The molecule has 1 N–H and O–H groups in total. The van der Waals surface area contributed by atoms with Crippen molar-refractivity contribution < 1.29 is 19.1 Å². The zero-order valence-electron chi connectivity index (χ0n) is 18.6. The van der Waals surface area contributed by atoms with E-state index in [4.69, 9.17) is 9.47 Å². The van der Waals surface area contributed by atoms with Crippen LogP contribution in [0.5, 0.6) is 11.8 Å². The maximum absolute atomic E-state index is 13.3. The maximum atomic E-state index is 13.3. The molecule has 2 bridgehead atoms. The van der Waals surface area contributed by atoms with Crippen molar-refractivity contribution in [3.63, 3.8) is 0 Å². The molecule has 31 heavy (non-hydrogen) atoms. The third kappa shape index (κ3) is 4.95. The zero-order chi connectivity index (χ0) is 21.8. The number of amides is 2. The summed E-state index contributed by atoms with van der Waals surface area (Å²) in [6.07, 6.45) is 5.92. The van der Waals surface area contributed by atoms with E-state index in [-0.39, 0.29) is 5.91 Å². The van der Waals surface area contributed by atoms with Crippen molar-refractivity contribution in [3.05, 3.63) is 17.7 Å². The fraction of sp³-hybridized carbons (Fsp3) is 0.696. The lowest BCUT2D eigenvalue weighted by Crippen LogP contribution is -2.57. The van der Waals surface area contributed by atoms with E-state index in [0.717, 1.165) is 64.8 Å². The van der Waals surface area contributed by atoms with Gasteiger partial charge in [-0.25, -0.2) is 0 Å². The molecule has 1 aromatic rings. The van der Waals surface area contributed by atoms with Gasteiger partial charge >= 0.3 is 0 Å². The molecule has 2 amide bonds. The van der Waals surface area contributed by atoms with Gasteiger partial charge in [-0.2, -0.15) is 4.98 Å². The van der Waals surface area contributed by atoms with Gasteiger partial charge in [0.25, 0.3) is 5.91 Å². The summed E-state index contributed by atoms with van der Waals surface area (Å²) in [6.45, 7) is 4.24. The van der Waals surface area contributed by atoms with Crippen molar-refractivity contribution in [2.75, 3.05) is 46.9 Å². The van der Waals surface area contributed by atoms with Crippen molar-refractivity contribution in [1.82, 2.24) is 20.1 Å². The molecule has 8 heteroatoms. The quantitative estimate of drug-likeness (QED) is 0.712. The van der Waals surface area contributed by atoms with Gasteiger partial charge < -0.3 is 24.6 Å². The van der Waals surface area contributed by atoms with Crippen molar-refractivity contribution in [1.29, 1.82) is 0 Å². The van der Waals surface area contributed by atoms with Crippen molar-refractivity contribution in [2.45, 2.75) is 44.6 Å². The number of hydrogen-bond donors (Lipinski definition) is 1. The van der Waals surface area contributed by atoms with Crippen LogP contribution >= 0.6 is 0 Å². The molecule has 4 heterocycles. The number of fused-ring (bicyclic) bond motifs is 2. The second-order valence-corrected chi connectivity index (χ2v) is 8.98. The van der Waals surface area contributed by atoms with Crippen molar-refractivity contribution >= 4 is 11.8 Å². The smallest absolute Gasteiger partial charge is 0.259 e. The summed E-state index contributed by atoms with van der Waals surface area (Å²) in [5.41, 5.74) is 0.476. The first-order valence-corrected chi connectivity index (χ1v) is 11.5. The number of nitrogens with one attached hydrogen (secondary N) is 1. The van der Waals surface area contributed by atoms with Crippen LogP contribution < -0.4 is 14.8 Å². The van der Waals surface area contributed by atoms with Gasteiger partial charge in [0, 0.05) is 44.7 Å². The van der Waals surface area contributed by atoms with Gasteiger partial charge in [0.15, 0.2) is 0 Å². The number of rotatable bonds is 7. The minimum Gasteiger partial charge on any atom is -0.481 e. The Morgan fingerprint density at radius 1 is 1.13 bits per heavy atom. The molecule has 170 valence electrons. The second-order valence-electron chi connectivity index (χ2n) is 8.98. The summed E-state index contributed by atoms with van der Waals surface area (Å²) in [7, 11) is 3.06. The van der Waals surface area contributed by atoms with Crippen LogP contribution in [0.1, 0.15) is 48.9 Å². The fourth-order valence-electron chi connectivity index (χ4n) is 5.30. The number of piperidine rings is 2. The number of aromatic nitrogens is 1. The second kappa shape index (κ2) is 9.85. The van der Waals surface area contributed by atoms with E-state index >= 15 is 0 Å². The fourth-order valence-corrected chi connectivity index (χ4v) is 5.30. The molecule has 4 rings (SSSR count). The molecule has 1 aromatic heterocycles. The van der Waals surface area contributed by atoms with Gasteiger partial charge in [-0.15, -0.1) is 0 Å². The van der Waals surface area contributed by atoms with E-state index in [1.807, 2.05) is 9.80 Å². The van der Waals surface area contributed by atoms with Crippen LogP contribution in [-0.2, 0) is 4.79 Å². The molecule has 0 aliphatic carbocycles. The lowest BCUT2D eigenvalue weighted by atomic mass is 9.79. The molecule has 0 unspecified atom stereocenters. The van der Waals surface area contributed by atoms with Gasteiger partial charge in [-0.3, -0.25) is 9.59 Å². The van der Waals surface area contributed by atoms with Gasteiger partial charge in [-0.1, -0.05) is 0 Å². The van der Waals surface area contributed by atoms with E-state index in [1.165, 1.54) is 7.11 Å². The predicted molar refractivity (Wildman–Crippen MR) is 116 cm³/mol. The van der Waals surface area contributed by atoms with Crippen LogP contribution in [0.15, 0.2) is 12.1 Å². The molecule has 0 saturated carbocycles. The third-order valence-electron chi connectivity index (χ3n) is 6.93. The summed E-state index contributed by atoms with van der Waals surface area (Å²) < 4.78 is 10.5. The molecule has 0 spiro atoms. The van der Waals surface area contributed by atoms with Crippen LogP contribution in [0, 0.1) is 11.8 Å². The minimum atomic E-state index is -0.0356. The summed E-state index contributed by atoms with van der Waals surface area (Å²) in [5, 5.41) is 3.68. The van der Waals surface area contributed by atoms with Crippen LogP contribution in [-0.4, -0.2) is 79.6 Å². The van der Waals surface area contributed by atoms with Gasteiger partial charge in [-0.05, 0) is 56.6 Å². The topological polar surface area (TPSA) is 84.0 Å². The van der Waals surface area contributed by atoms with Crippen LogP contribution in [0.25, 0.3) is 0 Å². The number of pyridine rings is 1. The van der Waals surface area contributed by atoms with E-state index in [2.05, 4.69) is 10.3 Å². The molecule has 3 atom stereocenters. The molecule has 8 nitrogen and oxygen atoms in total. The largest absolute Gasteiger partial charge is 0.481 e. The van der Waals surface area contributed by atoms with Gasteiger partial charge in [0.1, 0.15) is 5.56 Å². The Bertz CT molecular complexity index is 796. The number of likely N-dealkylation sites (tertiary alicyclic amines) is 2. The Morgan fingerprint density at radius 2 is 1.94 bits per heavy atom. The highest BCUT2D eigenvalue weighted by atomic mass is 16.5.